The number of anilines is 1. The van der Waals surface area contributed by atoms with E-state index in [2.05, 4.69) is 16.2 Å². The van der Waals surface area contributed by atoms with Crippen molar-refractivity contribution in [3.63, 3.8) is 0 Å². The molecule has 0 atom stereocenters. The van der Waals surface area contributed by atoms with E-state index in [1.54, 1.807) is 18.2 Å². The Morgan fingerprint density at radius 2 is 1.59 bits per heavy atom. The first kappa shape index (κ1) is 22.5. The molecule has 2 aromatic carbocycles. The van der Waals surface area contributed by atoms with Crippen LogP contribution in [0.15, 0.2) is 36.4 Å². The SMILES string of the molecule is Cc1ccc(OCC(=O)NNC(=O)CCC(=O)Nc2ccc(Cl)cc2Cl)c(C)c1. The Balaban J connectivity index is 1.68. The van der Waals surface area contributed by atoms with E-state index in [1.165, 1.54) is 6.07 Å². The number of hydrogen-bond acceptors (Lipinski definition) is 4. The van der Waals surface area contributed by atoms with E-state index in [-0.39, 0.29) is 19.4 Å². The minimum absolute atomic E-state index is 0.0836. The number of aryl methyl sites for hydroxylation is 2. The van der Waals surface area contributed by atoms with Crippen LogP contribution in [0.2, 0.25) is 10.0 Å². The van der Waals surface area contributed by atoms with Gasteiger partial charge in [-0.15, -0.1) is 0 Å². The fourth-order valence-corrected chi connectivity index (χ4v) is 2.83. The number of benzene rings is 2. The van der Waals surface area contributed by atoms with Crippen molar-refractivity contribution < 1.29 is 19.1 Å². The van der Waals surface area contributed by atoms with Gasteiger partial charge in [-0.3, -0.25) is 25.2 Å². The number of amides is 3. The second kappa shape index (κ2) is 10.7. The summed E-state index contributed by atoms with van der Waals surface area (Å²) in [6.07, 6.45) is -0.199. The molecule has 2 rings (SSSR count). The lowest BCUT2D eigenvalue weighted by Crippen LogP contribution is -2.44. The van der Waals surface area contributed by atoms with Crippen LogP contribution in [0, 0.1) is 13.8 Å². The van der Waals surface area contributed by atoms with Gasteiger partial charge in [0.25, 0.3) is 5.91 Å². The van der Waals surface area contributed by atoms with Gasteiger partial charge in [-0.05, 0) is 43.7 Å². The van der Waals surface area contributed by atoms with Gasteiger partial charge >= 0.3 is 0 Å². The number of hydrazine groups is 1. The van der Waals surface area contributed by atoms with E-state index >= 15 is 0 Å². The molecule has 7 nitrogen and oxygen atoms in total. The highest BCUT2D eigenvalue weighted by atomic mass is 35.5. The molecule has 154 valence electrons. The summed E-state index contributed by atoms with van der Waals surface area (Å²) >= 11 is 11.8. The standard InChI is InChI=1S/C20H21Cl2N3O4/c1-12-3-6-17(13(2)9-12)29-11-20(28)25-24-19(27)8-7-18(26)23-16-5-4-14(21)10-15(16)22/h3-6,9-10H,7-8,11H2,1-2H3,(H,23,26)(H,24,27)(H,25,28). The van der Waals surface area contributed by atoms with Gasteiger partial charge in [0, 0.05) is 17.9 Å². The third-order valence-electron chi connectivity index (χ3n) is 3.81. The molecule has 0 spiro atoms. The maximum Gasteiger partial charge on any atom is 0.276 e. The van der Waals surface area contributed by atoms with E-state index in [1.807, 2.05) is 26.0 Å². The molecule has 9 heteroatoms. The van der Waals surface area contributed by atoms with Gasteiger partial charge in [-0.1, -0.05) is 40.9 Å². The zero-order chi connectivity index (χ0) is 21.4. The van der Waals surface area contributed by atoms with Crippen molar-refractivity contribution in [2.45, 2.75) is 26.7 Å². The second-order valence-electron chi connectivity index (χ2n) is 6.33. The topological polar surface area (TPSA) is 96.5 Å². The van der Waals surface area contributed by atoms with Crippen molar-refractivity contribution in [1.82, 2.24) is 10.9 Å². The van der Waals surface area contributed by atoms with Crippen molar-refractivity contribution in [1.29, 1.82) is 0 Å². The van der Waals surface area contributed by atoms with Crippen molar-refractivity contribution in [3.05, 3.63) is 57.6 Å². The average molecular weight is 438 g/mol. The molecule has 0 bridgehead atoms. The number of hydrogen-bond donors (Lipinski definition) is 3. The fraction of sp³-hybridized carbons (Fsp3) is 0.250. The number of rotatable bonds is 7. The van der Waals surface area contributed by atoms with E-state index in [0.717, 1.165) is 11.1 Å². The van der Waals surface area contributed by atoms with Gasteiger partial charge in [-0.25, -0.2) is 0 Å². The molecule has 0 aromatic heterocycles. The summed E-state index contributed by atoms with van der Waals surface area (Å²) in [4.78, 5) is 35.5. The van der Waals surface area contributed by atoms with Crippen molar-refractivity contribution >= 4 is 46.6 Å². The van der Waals surface area contributed by atoms with Gasteiger partial charge in [0.2, 0.25) is 11.8 Å². The molecule has 0 saturated heterocycles. The maximum absolute atomic E-state index is 11.9. The molecule has 0 saturated carbocycles. The maximum atomic E-state index is 11.9. The molecule has 0 aliphatic rings. The highest BCUT2D eigenvalue weighted by molar-refractivity contribution is 6.36. The van der Waals surface area contributed by atoms with Gasteiger partial charge in [0.15, 0.2) is 6.61 Å². The van der Waals surface area contributed by atoms with Crippen molar-refractivity contribution in [3.8, 4) is 5.75 Å². The van der Waals surface area contributed by atoms with Crippen LogP contribution in [0.4, 0.5) is 5.69 Å². The Morgan fingerprint density at radius 3 is 2.28 bits per heavy atom. The van der Waals surface area contributed by atoms with Crippen LogP contribution in [0.25, 0.3) is 0 Å². The molecular weight excluding hydrogens is 417 g/mol. The second-order valence-corrected chi connectivity index (χ2v) is 7.17. The predicted molar refractivity (Wildman–Crippen MR) is 112 cm³/mol. The predicted octanol–water partition coefficient (Wildman–Crippen LogP) is 3.56. The number of halogens is 2. The summed E-state index contributed by atoms with van der Waals surface area (Å²) in [6.45, 7) is 3.59. The molecule has 0 fully saturated rings. The quantitative estimate of drug-likeness (QED) is 0.576. The van der Waals surface area contributed by atoms with E-state index in [4.69, 9.17) is 27.9 Å². The van der Waals surface area contributed by atoms with Crippen LogP contribution in [0.5, 0.6) is 5.75 Å². The molecule has 0 aliphatic carbocycles. The third kappa shape index (κ3) is 7.63. The van der Waals surface area contributed by atoms with Crippen LogP contribution in [0.1, 0.15) is 24.0 Å². The number of nitrogens with one attached hydrogen (secondary N) is 3. The molecule has 0 aliphatic heterocycles. The van der Waals surface area contributed by atoms with Crippen LogP contribution in [-0.4, -0.2) is 24.3 Å². The van der Waals surface area contributed by atoms with Gasteiger partial charge in [0.1, 0.15) is 5.75 Å². The third-order valence-corrected chi connectivity index (χ3v) is 4.36. The lowest BCUT2D eigenvalue weighted by molar-refractivity contribution is -0.130. The minimum Gasteiger partial charge on any atom is -0.483 e. The van der Waals surface area contributed by atoms with Crippen molar-refractivity contribution in [2.75, 3.05) is 11.9 Å². The van der Waals surface area contributed by atoms with Crippen molar-refractivity contribution in [2.24, 2.45) is 0 Å². The summed E-state index contributed by atoms with van der Waals surface area (Å²) in [6, 6.07) is 10.3. The van der Waals surface area contributed by atoms with Crippen LogP contribution in [0.3, 0.4) is 0 Å². The molecule has 0 heterocycles. The Morgan fingerprint density at radius 1 is 0.897 bits per heavy atom. The molecule has 3 N–H and O–H groups in total. The highest BCUT2D eigenvalue weighted by Gasteiger charge is 2.11. The Kier molecular flexibility index (Phi) is 8.30. The number of ether oxygens (including phenoxy) is 1. The zero-order valence-electron chi connectivity index (χ0n) is 16.0. The normalized spacial score (nSPS) is 10.2. The largest absolute Gasteiger partial charge is 0.483 e. The monoisotopic (exact) mass is 437 g/mol. The molecular formula is C20H21Cl2N3O4. The lowest BCUT2D eigenvalue weighted by Gasteiger charge is -2.11. The Labute approximate surface area is 178 Å². The minimum atomic E-state index is -0.518. The average Bonchev–Trinajstić information content (AvgIpc) is 2.66. The summed E-state index contributed by atoms with van der Waals surface area (Å²) in [5.41, 5.74) is 6.88. The number of carbonyl (C=O) groups is 3. The molecule has 0 unspecified atom stereocenters. The Hall–Kier alpha value is -2.77. The summed E-state index contributed by atoms with van der Waals surface area (Å²) in [7, 11) is 0. The summed E-state index contributed by atoms with van der Waals surface area (Å²) < 4.78 is 5.42. The first-order valence-corrected chi connectivity index (χ1v) is 9.53. The van der Waals surface area contributed by atoms with Gasteiger partial charge in [0.05, 0.1) is 10.7 Å². The molecule has 29 heavy (non-hydrogen) atoms. The highest BCUT2D eigenvalue weighted by Crippen LogP contribution is 2.25. The van der Waals surface area contributed by atoms with Gasteiger partial charge < -0.3 is 10.1 Å². The molecule has 0 radical (unpaired) electrons. The van der Waals surface area contributed by atoms with E-state index in [9.17, 15) is 14.4 Å². The van der Waals surface area contributed by atoms with Crippen LogP contribution in [-0.2, 0) is 14.4 Å². The molecule has 2 aromatic rings. The van der Waals surface area contributed by atoms with E-state index in [0.29, 0.717) is 21.5 Å². The zero-order valence-corrected chi connectivity index (χ0v) is 17.5. The fourth-order valence-electron chi connectivity index (χ4n) is 2.37. The Bertz CT molecular complexity index is 919. The lowest BCUT2D eigenvalue weighted by atomic mass is 10.1. The van der Waals surface area contributed by atoms with E-state index < -0.39 is 17.7 Å². The van der Waals surface area contributed by atoms with Crippen LogP contribution < -0.4 is 20.9 Å². The summed E-state index contributed by atoms with van der Waals surface area (Å²) in [5, 5.41) is 3.33. The number of carbonyl (C=O) groups excluding carboxylic acids is 3. The smallest absolute Gasteiger partial charge is 0.276 e. The first-order chi connectivity index (χ1) is 13.7. The first-order valence-electron chi connectivity index (χ1n) is 8.77. The van der Waals surface area contributed by atoms with Crippen LogP contribution >= 0.6 is 23.2 Å². The van der Waals surface area contributed by atoms with Gasteiger partial charge in [-0.2, -0.15) is 0 Å². The summed E-state index contributed by atoms with van der Waals surface area (Å²) in [5.74, 6) is -0.832. The molecule has 3 amide bonds.